The van der Waals surface area contributed by atoms with Gasteiger partial charge in [0.2, 0.25) is 0 Å². The average Bonchev–Trinajstić information content (AvgIpc) is 2.87. The number of nitrogens with zero attached hydrogens (tertiary/aromatic N) is 2. The van der Waals surface area contributed by atoms with Crippen LogP contribution >= 0.6 is 0 Å². The van der Waals surface area contributed by atoms with E-state index in [1.807, 2.05) is 0 Å². The van der Waals surface area contributed by atoms with Crippen LogP contribution in [0.4, 0.5) is 0 Å². The largest absolute Gasteiger partial charge is 0.293 e. The molecule has 1 aliphatic rings. The number of carbonyl (C=O) groups is 1. The van der Waals surface area contributed by atoms with Gasteiger partial charge in [0.15, 0.2) is 5.78 Å². The summed E-state index contributed by atoms with van der Waals surface area (Å²) < 4.78 is 0. The predicted octanol–water partition coefficient (Wildman–Crippen LogP) is 1.56. The number of ketones is 1. The first-order valence-corrected chi connectivity index (χ1v) is 4.10. The highest BCUT2D eigenvalue weighted by molar-refractivity contribution is 5.92. The number of aromatic nitrogens is 2. The Morgan fingerprint density at radius 2 is 2.25 bits per heavy atom. The Bertz CT molecular complexity index is 318. The van der Waals surface area contributed by atoms with Crippen LogP contribution in [0.25, 0.3) is 0 Å². The third-order valence-electron chi connectivity index (χ3n) is 2.04. The molecule has 0 aromatic carbocycles. The molecule has 1 fully saturated rings. The zero-order chi connectivity index (χ0) is 8.55. The molecule has 1 aromatic heterocycles. The fraction of sp³-hybridized carbons (Fsp3) is 0.444. The highest BCUT2D eigenvalue weighted by Gasteiger charge is 2.25. The maximum atomic E-state index is 11.0. The topological polar surface area (TPSA) is 42.9 Å². The van der Waals surface area contributed by atoms with Gasteiger partial charge < -0.3 is 0 Å². The van der Waals surface area contributed by atoms with E-state index in [2.05, 4.69) is 9.97 Å². The first-order chi connectivity index (χ1) is 5.77. The average molecular weight is 162 g/mol. The molecule has 1 aliphatic carbocycles. The van der Waals surface area contributed by atoms with Gasteiger partial charge in [-0.3, -0.25) is 4.79 Å². The van der Waals surface area contributed by atoms with Crippen molar-refractivity contribution in [3.8, 4) is 0 Å². The van der Waals surface area contributed by atoms with Crippen molar-refractivity contribution < 1.29 is 4.79 Å². The Morgan fingerprint density at radius 1 is 1.50 bits per heavy atom. The lowest BCUT2D eigenvalue weighted by Gasteiger charge is -1.97. The minimum atomic E-state index is 0.0132. The van der Waals surface area contributed by atoms with Crippen LogP contribution in [0.3, 0.4) is 0 Å². The third kappa shape index (κ3) is 1.35. The zero-order valence-electron chi connectivity index (χ0n) is 6.95. The van der Waals surface area contributed by atoms with Gasteiger partial charge in [0, 0.05) is 18.5 Å². The highest BCUT2D eigenvalue weighted by atomic mass is 16.1. The summed E-state index contributed by atoms with van der Waals surface area (Å²) in [6, 6.07) is 1.81. The van der Waals surface area contributed by atoms with E-state index >= 15 is 0 Å². The summed E-state index contributed by atoms with van der Waals surface area (Å²) in [5.41, 5.74) is 1.56. The molecule has 12 heavy (non-hydrogen) atoms. The normalized spacial score (nSPS) is 16.1. The van der Waals surface area contributed by atoms with E-state index in [9.17, 15) is 4.79 Å². The van der Waals surface area contributed by atoms with E-state index in [1.54, 1.807) is 6.07 Å². The molecule has 62 valence electrons. The van der Waals surface area contributed by atoms with Crippen molar-refractivity contribution in [3.63, 3.8) is 0 Å². The van der Waals surface area contributed by atoms with Crippen molar-refractivity contribution in [2.45, 2.75) is 25.7 Å². The number of hydrogen-bond acceptors (Lipinski definition) is 3. The van der Waals surface area contributed by atoms with Crippen LogP contribution in [0, 0.1) is 0 Å². The molecule has 3 heteroatoms. The molecule has 1 aromatic rings. The van der Waals surface area contributed by atoms with Crippen LogP contribution in [0.2, 0.25) is 0 Å². The molecule has 0 spiro atoms. The molecule has 1 saturated carbocycles. The molecule has 0 aliphatic heterocycles. The summed E-state index contributed by atoms with van der Waals surface area (Å²) in [6.45, 7) is 1.53. The Morgan fingerprint density at radius 3 is 2.83 bits per heavy atom. The van der Waals surface area contributed by atoms with Gasteiger partial charge in [0.25, 0.3) is 0 Å². The Kier molecular flexibility index (Phi) is 1.64. The summed E-state index contributed by atoms with van der Waals surface area (Å²) in [6.07, 6.45) is 3.88. The molecule has 0 atom stereocenters. The van der Waals surface area contributed by atoms with Gasteiger partial charge in [-0.25, -0.2) is 9.97 Å². The van der Waals surface area contributed by atoms with E-state index in [-0.39, 0.29) is 5.78 Å². The fourth-order valence-electron chi connectivity index (χ4n) is 1.17. The molecular weight excluding hydrogens is 152 g/mol. The van der Waals surface area contributed by atoms with Crippen LogP contribution in [-0.4, -0.2) is 15.8 Å². The summed E-state index contributed by atoms with van der Waals surface area (Å²) in [4.78, 5) is 19.0. The van der Waals surface area contributed by atoms with Crippen molar-refractivity contribution in [2.24, 2.45) is 0 Å². The van der Waals surface area contributed by atoms with Gasteiger partial charge in [-0.1, -0.05) is 0 Å². The second-order valence-corrected chi connectivity index (χ2v) is 3.16. The van der Waals surface area contributed by atoms with Crippen LogP contribution in [0.15, 0.2) is 12.4 Å². The van der Waals surface area contributed by atoms with Gasteiger partial charge in [0.05, 0.1) is 0 Å². The zero-order valence-corrected chi connectivity index (χ0v) is 6.95. The summed E-state index contributed by atoms with van der Waals surface area (Å²) in [5, 5.41) is 0. The van der Waals surface area contributed by atoms with Gasteiger partial charge in [-0.05, 0) is 18.9 Å². The van der Waals surface area contributed by atoms with Gasteiger partial charge in [-0.2, -0.15) is 0 Å². The van der Waals surface area contributed by atoms with E-state index in [4.69, 9.17) is 0 Å². The maximum absolute atomic E-state index is 11.0. The van der Waals surface area contributed by atoms with Crippen LogP contribution < -0.4 is 0 Å². The van der Waals surface area contributed by atoms with Crippen molar-refractivity contribution >= 4 is 5.78 Å². The van der Waals surface area contributed by atoms with Gasteiger partial charge >= 0.3 is 0 Å². The van der Waals surface area contributed by atoms with E-state index in [1.165, 1.54) is 26.1 Å². The molecule has 0 saturated heterocycles. The van der Waals surface area contributed by atoms with E-state index < -0.39 is 0 Å². The van der Waals surface area contributed by atoms with Gasteiger partial charge in [0.1, 0.15) is 12.0 Å². The molecule has 3 nitrogen and oxygen atoms in total. The number of carbonyl (C=O) groups excluding carboxylic acids is 1. The standard InChI is InChI=1S/C9H10N2O/c1-6(12)8-4-9(7-2-3-7)11-5-10-8/h4-5,7H,2-3H2,1H3. The third-order valence-corrected chi connectivity index (χ3v) is 2.04. The smallest absolute Gasteiger partial charge is 0.178 e. The Labute approximate surface area is 70.9 Å². The molecule has 0 radical (unpaired) electrons. The minimum Gasteiger partial charge on any atom is -0.293 e. The lowest BCUT2D eigenvalue weighted by molar-refractivity contribution is 0.101. The molecule has 1 heterocycles. The second-order valence-electron chi connectivity index (χ2n) is 3.16. The molecule has 0 amide bonds. The molecule has 2 rings (SSSR count). The summed E-state index contributed by atoms with van der Waals surface area (Å²) >= 11 is 0. The number of rotatable bonds is 2. The van der Waals surface area contributed by atoms with Crippen molar-refractivity contribution in [3.05, 3.63) is 23.8 Å². The first kappa shape index (κ1) is 7.40. The van der Waals surface area contributed by atoms with Crippen LogP contribution in [0.1, 0.15) is 41.9 Å². The molecule has 0 bridgehead atoms. The lowest BCUT2D eigenvalue weighted by Crippen LogP contribution is -1.99. The fourth-order valence-corrected chi connectivity index (χ4v) is 1.17. The number of hydrogen-bond donors (Lipinski definition) is 0. The van der Waals surface area contributed by atoms with E-state index in [0.717, 1.165) is 5.69 Å². The molecule has 0 unspecified atom stereocenters. The number of Topliss-reactive ketones (excluding diaryl/α,β-unsaturated/α-hetero) is 1. The second kappa shape index (κ2) is 2.66. The summed E-state index contributed by atoms with van der Waals surface area (Å²) in [7, 11) is 0. The molecular formula is C9H10N2O. The Hall–Kier alpha value is -1.25. The van der Waals surface area contributed by atoms with Crippen LogP contribution in [-0.2, 0) is 0 Å². The van der Waals surface area contributed by atoms with Crippen molar-refractivity contribution in [1.82, 2.24) is 9.97 Å². The highest BCUT2D eigenvalue weighted by Crippen LogP contribution is 2.38. The monoisotopic (exact) mass is 162 g/mol. The maximum Gasteiger partial charge on any atom is 0.178 e. The quantitative estimate of drug-likeness (QED) is 0.620. The summed E-state index contributed by atoms with van der Waals surface area (Å²) in [5.74, 6) is 0.602. The van der Waals surface area contributed by atoms with Gasteiger partial charge in [-0.15, -0.1) is 0 Å². The lowest BCUT2D eigenvalue weighted by atomic mass is 10.2. The van der Waals surface area contributed by atoms with E-state index in [0.29, 0.717) is 11.6 Å². The first-order valence-electron chi connectivity index (χ1n) is 4.10. The predicted molar refractivity (Wildman–Crippen MR) is 44.0 cm³/mol. The minimum absolute atomic E-state index is 0.0132. The van der Waals surface area contributed by atoms with Crippen LogP contribution in [0.5, 0.6) is 0 Å². The Balaban J connectivity index is 2.32. The molecule has 0 N–H and O–H groups in total. The van der Waals surface area contributed by atoms with Crippen molar-refractivity contribution in [1.29, 1.82) is 0 Å². The SMILES string of the molecule is CC(=O)c1cc(C2CC2)ncn1. The van der Waals surface area contributed by atoms with Crippen molar-refractivity contribution in [2.75, 3.05) is 0 Å².